The number of hydrogen-bond acceptors (Lipinski definition) is 8. The van der Waals surface area contributed by atoms with Crippen molar-refractivity contribution in [3.8, 4) is 5.75 Å². The highest BCUT2D eigenvalue weighted by molar-refractivity contribution is 7.99. The number of ether oxygens (including phenoxy) is 1. The van der Waals surface area contributed by atoms with Crippen LogP contribution < -0.4 is 15.8 Å². The molecule has 0 spiro atoms. The van der Waals surface area contributed by atoms with Crippen LogP contribution in [0.2, 0.25) is 0 Å². The summed E-state index contributed by atoms with van der Waals surface area (Å²) in [4.78, 5) is 28.2. The van der Waals surface area contributed by atoms with E-state index in [1.54, 1.807) is 44.3 Å². The maximum atomic E-state index is 11.4. The van der Waals surface area contributed by atoms with Gasteiger partial charge in [0.15, 0.2) is 5.65 Å². The van der Waals surface area contributed by atoms with Crippen molar-refractivity contribution < 1.29 is 14.6 Å². The summed E-state index contributed by atoms with van der Waals surface area (Å²) in [7, 11) is 1.62. The van der Waals surface area contributed by atoms with Crippen LogP contribution >= 0.6 is 11.8 Å². The van der Waals surface area contributed by atoms with E-state index in [4.69, 9.17) is 20.9 Å². The van der Waals surface area contributed by atoms with Gasteiger partial charge in [-0.05, 0) is 37.5 Å². The van der Waals surface area contributed by atoms with Gasteiger partial charge in [-0.3, -0.25) is 15.2 Å². The third-order valence-electron chi connectivity index (χ3n) is 5.05. The van der Waals surface area contributed by atoms with Gasteiger partial charge in [-0.1, -0.05) is 0 Å². The van der Waals surface area contributed by atoms with E-state index in [0.717, 1.165) is 28.3 Å². The van der Waals surface area contributed by atoms with Crippen LogP contribution in [-0.2, 0) is 17.6 Å². The number of nitrogens with zero attached hydrogens (tertiary/aromatic N) is 3. The molecule has 33 heavy (non-hydrogen) atoms. The normalized spacial score (nSPS) is 12.9. The van der Waals surface area contributed by atoms with E-state index in [2.05, 4.69) is 20.3 Å². The average Bonchev–Trinajstić information content (AvgIpc) is 3.22. The Hall–Kier alpha value is -3.18. The molecular formula is C22H29N7O3S. The number of aromatic nitrogens is 4. The summed E-state index contributed by atoms with van der Waals surface area (Å²) >= 11 is 1.59. The number of aromatic amines is 1. The van der Waals surface area contributed by atoms with E-state index in [9.17, 15) is 9.90 Å². The molecule has 3 heterocycles. The van der Waals surface area contributed by atoms with Crippen LogP contribution in [-0.4, -0.2) is 62.3 Å². The first kappa shape index (κ1) is 24.5. The fourth-order valence-corrected chi connectivity index (χ4v) is 4.60. The highest BCUT2D eigenvalue weighted by atomic mass is 32.2. The van der Waals surface area contributed by atoms with Crippen LogP contribution in [0.4, 0.5) is 0 Å². The Balaban J connectivity index is 1.80. The Labute approximate surface area is 196 Å². The van der Waals surface area contributed by atoms with Crippen molar-refractivity contribution in [2.24, 2.45) is 5.73 Å². The van der Waals surface area contributed by atoms with E-state index in [1.165, 1.54) is 0 Å². The van der Waals surface area contributed by atoms with Crippen LogP contribution in [0.3, 0.4) is 0 Å². The topological polar surface area (TPSA) is 163 Å². The molecule has 11 heteroatoms. The summed E-state index contributed by atoms with van der Waals surface area (Å²) in [6, 6.07) is 4.59. The highest BCUT2D eigenvalue weighted by Crippen LogP contribution is 2.36. The van der Waals surface area contributed by atoms with E-state index < -0.39 is 12.0 Å². The fourth-order valence-electron chi connectivity index (χ4n) is 3.38. The first-order chi connectivity index (χ1) is 15.9. The summed E-state index contributed by atoms with van der Waals surface area (Å²) in [5.74, 6) is 1.59. The first-order valence-electron chi connectivity index (χ1n) is 10.6. The molecule has 2 atom stereocenters. The maximum Gasteiger partial charge on any atom is 0.320 e. The van der Waals surface area contributed by atoms with Crippen molar-refractivity contribution in [1.29, 1.82) is 5.41 Å². The number of fused-ring (bicyclic) bond motifs is 1. The van der Waals surface area contributed by atoms with Crippen molar-refractivity contribution in [3.05, 3.63) is 47.7 Å². The smallest absolute Gasteiger partial charge is 0.320 e. The number of nitrogens with one attached hydrogen (secondary N) is 3. The quantitative estimate of drug-likeness (QED) is 0.151. The molecule has 1 unspecified atom stereocenters. The number of carboxylic acid groups (broad SMARTS) is 1. The van der Waals surface area contributed by atoms with Gasteiger partial charge in [0, 0.05) is 48.1 Å². The van der Waals surface area contributed by atoms with Crippen LogP contribution in [0.1, 0.15) is 35.7 Å². The number of carbonyl (C=O) groups is 1. The van der Waals surface area contributed by atoms with Crippen LogP contribution in [0.15, 0.2) is 30.6 Å². The van der Waals surface area contributed by atoms with E-state index in [1.807, 2.05) is 12.1 Å². The minimum absolute atomic E-state index is 0.175. The maximum absolute atomic E-state index is 11.4. The van der Waals surface area contributed by atoms with E-state index in [-0.39, 0.29) is 11.7 Å². The van der Waals surface area contributed by atoms with Crippen molar-refractivity contribution in [3.63, 3.8) is 0 Å². The molecule has 0 amide bonds. The third kappa shape index (κ3) is 6.90. The number of methoxy groups -OCH3 is 1. The lowest BCUT2D eigenvalue weighted by Crippen LogP contribution is -2.31. The standard InChI is InChI=1S/C22H29N7O3S/c1-13(23)25-9-10-33-18(12-17(24)22(30)31)16-6-8-27-21-20(16)28-19(29-21)4-3-14-11-15(32-2)5-7-26-14/h5-8,11,17-18H,3-4,9-10,12,24H2,1-2H3,(H2,23,25)(H,30,31)(H,27,28,29)/t17?,18-/m0/s1. The lowest BCUT2D eigenvalue weighted by Gasteiger charge is -2.19. The molecule has 0 aromatic carbocycles. The molecular weight excluding hydrogens is 442 g/mol. The molecule has 3 aromatic heterocycles. The number of amidine groups is 1. The SMILES string of the molecule is COc1ccnc(CCc2nc3c([C@H](CC(N)C(=O)O)SCCNC(C)=N)ccnc3[nH]2)c1. The number of rotatable bonds is 12. The van der Waals surface area contributed by atoms with Crippen molar-refractivity contribution in [1.82, 2.24) is 25.3 Å². The number of carboxylic acids is 1. The molecule has 3 rings (SSSR count). The average molecular weight is 472 g/mol. The summed E-state index contributed by atoms with van der Waals surface area (Å²) in [6.45, 7) is 2.29. The van der Waals surface area contributed by atoms with E-state index >= 15 is 0 Å². The Morgan fingerprint density at radius 2 is 2.12 bits per heavy atom. The second kappa shape index (κ2) is 11.6. The van der Waals surface area contributed by atoms with Gasteiger partial charge in [0.1, 0.15) is 23.1 Å². The van der Waals surface area contributed by atoms with Gasteiger partial charge in [-0.15, -0.1) is 0 Å². The molecule has 10 nitrogen and oxygen atoms in total. The van der Waals surface area contributed by atoms with Crippen LogP contribution in [0, 0.1) is 5.41 Å². The molecule has 176 valence electrons. The first-order valence-corrected chi connectivity index (χ1v) is 11.6. The molecule has 0 saturated heterocycles. The van der Waals surface area contributed by atoms with Gasteiger partial charge in [-0.25, -0.2) is 9.97 Å². The number of nitrogens with two attached hydrogens (primary N) is 1. The Bertz CT molecular complexity index is 1100. The largest absolute Gasteiger partial charge is 0.497 e. The predicted molar refractivity (Wildman–Crippen MR) is 129 cm³/mol. The number of pyridine rings is 2. The molecule has 0 aliphatic rings. The minimum Gasteiger partial charge on any atom is -0.497 e. The van der Waals surface area contributed by atoms with Crippen LogP contribution in [0.5, 0.6) is 5.75 Å². The zero-order valence-electron chi connectivity index (χ0n) is 18.7. The Kier molecular flexibility index (Phi) is 8.61. The predicted octanol–water partition coefficient (Wildman–Crippen LogP) is 2.31. The van der Waals surface area contributed by atoms with Gasteiger partial charge in [0.05, 0.1) is 12.9 Å². The molecule has 0 bridgehead atoms. The number of aryl methyl sites for hydroxylation is 2. The zero-order valence-corrected chi connectivity index (χ0v) is 19.5. The Morgan fingerprint density at radius 1 is 1.33 bits per heavy atom. The second-order valence-corrected chi connectivity index (χ2v) is 8.87. The molecule has 0 radical (unpaired) electrons. The second-order valence-electron chi connectivity index (χ2n) is 7.56. The number of imidazole rings is 1. The van der Waals surface area contributed by atoms with Crippen LogP contribution in [0.25, 0.3) is 11.2 Å². The highest BCUT2D eigenvalue weighted by Gasteiger charge is 2.24. The lowest BCUT2D eigenvalue weighted by molar-refractivity contribution is -0.138. The molecule has 6 N–H and O–H groups in total. The fraction of sp³-hybridized carbons (Fsp3) is 0.409. The lowest BCUT2D eigenvalue weighted by atomic mass is 10.1. The summed E-state index contributed by atoms with van der Waals surface area (Å²) in [6.07, 6.45) is 5.00. The molecule has 0 fully saturated rings. The summed E-state index contributed by atoms with van der Waals surface area (Å²) in [5, 5.41) is 19.6. The molecule has 0 aliphatic carbocycles. The molecule has 3 aromatic rings. The third-order valence-corrected chi connectivity index (χ3v) is 6.34. The summed E-state index contributed by atoms with van der Waals surface area (Å²) in [5.41, 5.74) is 9.04. The van der Waals surface area contributed by atoms with Gasteiger partial charge in [0.25, 0.3) is 0 Å². The van der Waals surface area contributed by atoms with Crippen molar-refractivity contribution in [2.45, 2.75) is 37.5 Å². The van der Waals surface area contributed by atoms with Crippen molar-refractivity contribution >= 4 is 34.7 Å². The van der Waals surface area contributed by atoms with Gasteiger partial charge >= 0.3 is 5.97 Å². The number of hydrogen-bond donors (Lipinski definition) is 5. The monoisotopic (exact) mass is 471 g/mol. The van der Waals surface area contributed by atoms with E-state index in [0.29, 0.717) is 36.6 Å². The van der Waals surface area contributed by atoms with Gasteiger partial charge < -0.3 is 25.9 Å². The van der Waals surface area contributed by atoms with Gasteiger partial charge in [-0.2, -0.15) is 11.8 Å². The molecule has 0 aliphatic heterocycles. The minimum atomic E-state index is -1.03. The zero-order chi connectivity index (χ0) is 23.8. The summed E-state index contributed by atoms with van der Waals surface area (Å²) < 4.78 is 5.25. The van der Waals surface area contributed by atoms with Crippen molar-refractivity contribution in [2.75, 3.05) is 19.4 Å². The number of H-pyrrole nitrogens is 1. The Morgan fingerprint density at radius 3 is 2.85 bits per heavy atom. The number of aliphatic carboxylic acids is 1. The number of thioether (sulfide) groups is 1. The molecule has 0 saturated carbocycles. The van der Waals surface area contributed by atoms with Gasteiger partial charge in [0.2, 0.25) is 0 Å².